The normalized spacial score (nSPS) is 11.1. The topological polar surface area (TPSA) is 91.4 Å². The van der Waals surface area contributed by atoms with E-state index < -0.39 is 41.0 Å². The number of carbonyl (C=O) groups is 3. The van der Waals surface area contributed by atoms with Crippen molar-refractivity contribution in [1.29, 1.82) is 0 Å². The van der Waals surface area contributed by atoms with Gasteiger partial charge in [0.2, 0.25) is 0 Å². The van der Waals surface area contributed by atoms with Gasteiger partial charge in [0, 0.05) is 24.0 Å². The van der Waals surface area contributed by atoms with Crippen LogP contribution >= 0.6 is 23.2 Å². The van der Waals surface area contributed by atoms with Gasteiger partial charge in [-0.25, -0.2) is 9.37 Å². The van der Waals surface area contributed by atoms with Crippen molar-refractivity contribution < 1.29 is 31.9 Å². The first-order chi connectivity index (χ1) is 16.4. The summed E-state index contributed by atoms with van der Waals surface area (Å²) in [6.07, 6.45) is -3.85. The van der Waals surface area contributed by atoms with Crippen molar-refractivity contribution in [1.82, 2.24) is 4.98 Å². The predicted octanol–water partition coefficient (Wildman–Crippen LogP) is 5.56. The molecule has 0 unspecified atom stereocenters. The molecule has 182 valence electrons. The Morgan fingerprint density at radius 2 is 1.54 bits per heavy atom. The summed E-state index contributed by atoms with van der Waals surface area (Å²) in [6, 6.07) is 9.40. The molecule has 0 bridgehead atoms. The number of pyridine rings is 1. The van der Waals surface area contributed by atoms with E-state index in [2.05, 4.69) is 15.6 Å². The van der Waals surface area contributed by atoms with Gasteiger partial charge < -0.3 is 15.5 Å². The Labute approximate surface area is 205 Å². The van der Waals surface area contributed by atoms with Crippen LogP contribution in [0.4, 0.5) is 34.8 Å². The van der Waals surface area contributed by atoms with Crippen molar-refractivity contribution in [2.24, 2.45) is 0 Å². The number of halogens is 6. The highest BCUT2D eigenvalue weighted by molar-refractivity contribution is 6.31. The molecule has 35 heavy (non-hydrogen) atoms. The molecule has 0 aliphatic carbocycles. The second-order valence-electron chi connectivity index (χ2n) is 6.99. The zero-order valence-electron chi connectivity index (χ0n) is 17.6. The van der Waals surface area contributed by atoms with Gasteiger partial charge in [-0.1, -0.05) is 23.2 Å². The third-order valence-corrected chi connectivity index (χ3v) is 5.03. The van der Waals surface area contributed by atoms with Gasteiger partial charge in [0.25, 0.3) is 11.8 Å². The van der Waals surface area contributed by atoms with Crippen LogP contribution in [0.25, 0.3) is 0 Å². The van der Waals surface area contributed by atoms with Crippen LogP contribution in [-0.4, -0.2) is 35.9 Å². The van der Waals surface area contributed by atoms with E-state index in [1.807, 2.05) is 0 Å². The fourth-order valence-corrected chi connectivity index (χ4v) is 3.12. The minimum Gasteiger partial charge on any atom is -0.321 e. The highest BCUT2D eigenvalue weighted by Crippen LogP contribution is 2.26. The number of carbonyl (C=O) groups excluding carboxylic acids is 3. The van der Waals surface area contributed by atoms with Gasteiger partial charge in [0.1, 0.15) is 11.6 Å². The van der Waals surface area contributed by atoms with Crippen molar-refractivity contribution in [2.45, 2.75) is 6.18 Å². The molecule has 0 radical (unpaired) electrons. The van der Waals surface area contributed by atoms with Crippen molar-refractivity contribution in [3.63, 3.8) is 0 Å². The summed E-state index contributed by atoms with van der Waals surface area (Å²) < 4.78 is 52.4. The first kappa shape index (κ1) is 25.9. The maximum Gasteiger partial charge on any atom is 0.471 e. The fraction of sp³-hybridized carbons (Fsp3) is 0.0909. The Morgan fingerprint density at radius 3 is 2.14 bits per heavy atom. The lowest BCUT2D eigenvalue weighted by atomic mass is 10.1. The quantitative estimate of drug-likeness (QED) is 0.424. The molecule has 0 aliphatic heterocycles. The summed E-state index contributed by atoms with van der Waals surface area (Å²) in [5.41, 5.74) is -1.06. The Hall–Kier alpha value is -3.70. The lowest BCUT2D eigenvalue weighted by Gasteiger charge is -2.19. The van der Waals surface area contributed by atoms with Gasteiger partial charge in [-0.05, 0) is 48.5 Å². The number of aromatic nitrogens is 1. The average Bonchev–Trinajstić information content (AvgIpc) is 2.79. The molecule has 7 nitrogen and oxygen atoms in total. The maximum atomic E-state index is 14.6. The van der Waals surface area contributed by atoms with E-state index in [0.29, 0.717) is 11.1 Å². The summed E-state index contributed by atoms with van der Waals surface area (Å²) in [4.78, 5) is 40.9. The average molecular weight is 529 g/mol. The van der Waals surface area contributed by atoms with Crippen LogP contribution in [0.3, 0.4) is 0 Å². The molecule has 0 spiro atoms. The van der Waals surface area contributed by atoms with Gasteiger partial charge in [-0.15, -0.1) is 0 Å². The summed E-state index contributed by atoms with van der Waals surface area (Å²) in [7, 11) is 0.818. The predicted molar refractivity (Wildman–Crippen MR) is 122 cm³/mol. The van der Waals surface area contributed by atoms with Crippen molar-refractivity contribution in [3.8, 4) is 0 Å². The van der Waals surface area contributed by atoms with E-state index in [1.165, 1.54) is 36.5 Å². The van der Waals surface area contributed by atoms with Crippen LogP contribution in [0.5, 0.6) is 0 Å². The maximum absolute atomic E-state index is 14.6. The van der Waals surface area contributed by atoms with E-state index in [1.54, 1.807) is 0 Å². The van der Waals surface area contributed by atoms with Gasteiger partial charge in [-0.3, -0.25) is 14.4 Å². The molecule has 0 saturated carbocycles. The molecule has 3 aromatic rings. The van der Waals surface area contributed by atoms with Gasteiger partial charge in [0.05, 0.1) is 21.8 Å². The fourth-order valence-electron chi connectivity index (χ4n) is 2.84. The number of nitrogens with zero attached hydrogens (tertiary/aromatic N) is 2. The number of rotatable bonds is 5. The number of anilines is 3. The molecule has 0 fully saturated rings. The van der Waals surface area contributed by atoms with Crippen molar-refractivity contribution in [3.05, 3.63) is 81.7 Å². The molecule has 1 heterocycles. The Bertz CT molecular complexity index is 1300. The molecular weight excluding hydrogens is 515 g/mol. The van der Waals surface area contributed by atoms with E-state index in [9.17, 15) is 31.9 Å². The molecule has 3 rings (SSSR count). The van der Waals surface area contributed by atoms with Gasteiger partial charge >= 0.3 is 12.1 Å². The molecule has 0 aliphatic rings. The van der Waals surface area contributed by atoms with E-state index >= 15 is 0 Å². The Kier molecular flexibility index (Phi) is 7.61. The smallest absolute Gasteiger partial charge is 0.321 e. The van der Waals surface area contributed by atoms with Crippen LogP contribution in [0.15, 0.2) is 54.7 Å². The molecule has 13 heteroatoms. The second-order valence-corrected chi connectivity index (χ2v) is 7.86. The number of alkyl halides is 3. The highest BCUT2D eigenvalue weighted by atomic mass is 35.5. The molecule has 3 amide bonds. The van der Waals surface area contributed by atoms with Crippen LogP contribution in [0.2, 0.25) is 10.0 Å². The van der Waals surface area contributed by atoms with Crippen molar-refractivity contribution >= 4 is 58.1 Å². The number of nitrogens with one attached hydrogen (secondary N) is 2. The van der Waals surface area contributed by atoms with Gasteiger partial charge in [-0.2, -0.15) is 13.2 Å². The third kappa shape index (κ3) is 6.25. The monoisotopic (exact) mass is 528 g/mol. The molecule has 2 aromatic carbocycles. The molecule has 0 saturated heterocycles. The summed E-state index contributed by atoms with van der Waals surface area (Å²) in [6.45, 7) is 0. The molecule has 1 aromatic heterocycles. The van der Waals surface area contributed by atoms with Crippen LogP contribution in [0, 0.1) is 5.82 Å². The summed E-state index contributed by atoms with van der Waals surface area (Å²) in [5.74, 6) is -4.93. The lowest BCUT2D eigenvalue weighted by molar-refractivity contribution is -0.170. The highest BCUT2D eigenvalue weighted by Gasteiger charge is 2.41. The SMILES string of the molecule is CN(C(=O)C(F)(F)F)c1ccc(C(=O)Nc2ccc(Cl)cc2C(=O)Nc2ccc(Cl)cn2)c(F)c1. The number of benzene rings is 2. The number of hydrogen-bond donors (Lipinski definition) is 2. The van der Waals surface area contributed by atoms with Crippen molar-refractivity contribution in [2.75, 3.05) is 22.6 Å². The van der Waals surface area contributed by atoms with E-state index in [4.69, 9.17) is 23.2 Å². The van der Waals surface area contributed by atoms with Gasteiger partial charge in [0.15, 0.2) is 0 Å². The van der Waals surface area contributed by atoms with Crippen LogP contribution in [0.1, 0.15) is 20.7 Å². The zero-order valence-corrected chi connectivity index (χ0v) is 19.1. The molecule has 0 atom stereocenters. The largest absolute Gasteiger partial charge is 0.471 e. The summed E-state index contributed by atoms with van der Waals surface area (Å²) >= 11 is 11.7. The standard InChI is InChI=1S/C22H14Cl2F4N4O3/c1-32(21(35)22(26,27)28)13-4-5-14(16(25)9-13)19(33)30-17-6-2-11(23)8-15(17)20(34)31-18-7-3-12(24)10-29-18/h2-10H,1H3,(H,30,33)(H,29,31,34). The first-order valence-corrected chi connectivity index (χ1v) is 10.3. The number of hydrogen-bond acceptors (Lipinski definition) is 4. The number of amides is 3. The molecule has 2 N–H and O–H groups in total. The third-order valence-electron chi connectivity index (χ3n) is 4.58. The van der Waals surface area contributed by atoms with E-state index in [-0.39, 0.29) is 27.0 Å². The summed E-state index contributed by atoms with van der Waals surface area (Å²) in [5, 5.41) is 5.38. The Balaban J connectivity index is 1.83. The van der Waals surface area contributed by atoms with Crippen LogP contribution < -0.4 is 15.5 Å². The minimum atomic E-state index is -5.16. The lowest BCUT2D eigenvalue weighted by Crippen LogP contribution is -2.38. The minimum absolute atomic E-state index is 0.0290. The molecular formula is C22H14Cl2F4N4O3. The van der Waals surface area contributed by atoms with E-state index in [0.717, 1.165) is 19.2 Å². The second kappa shape index (κ2) is 10.3. The Morgan fingerprint density at radius 1 is 0.886 bits per heavy atom. The van der Waals surface area contributed by atoms with Crippen LogP contribution in [-0.2, 0) is 4.79 Å². The first-order valence-electron chi connectivity index (χ1n) is 9.55. The zero-order chi connectivity index (χ0) is 25.9.